The summed E-state index contributed by atoms with van der Waals surface area (Å²) in [7, 11) is 0. The minimum atomic E-state index is -1.75. The lowest BCUT2D eigenvalue weighted by Crippen LogP contribution is -2.33. The number of pyridine rings is 6. The van der Waals surface area contributed by atoms with Crippen LogP contribution < -0.4 is 24.7 Å². The summed E-state index contributed by atoms with van der Waals surface area (Å²) in [5, 5.41) is 29.5. The van der Waals surface area contributed by atoms with E-state index in [2.05, 4.69) is 56.7 Å². The molecule has 20 nitrogen and oxygen atoms in total. The molecule has 0 aromatic carbocycles. The monoisotopic (exact) mass is 798 g/mol. The fraction of sp³-hybridized carbons (Fsp3) is 0.154. The van der Waals surface area contributed by atoms with Gasteiger partial charge in [-0.3, -0.25) is 19.9 Å². The molecule has 0 fully saturated rings. The summed E-state index contributed by atoms with van der Waals surface area (Å²) in [6, 6.07) is 35.7. The molecule has 0 unspecified atom stereocenters. The van der Waals surface area contributed by atoms with Crippen LogP contribution >= 0.6 is 0 Å². The molecule has 7 aromatic rings. The zero-order valence-electron chi connectivity index (χ0n) is 31.4. The van der Waals surface area contributed by atoms with Crippen molar-refractivity contribution in [2.75, 3.05) is 14.7 Å². The molecule has 20 heteroatoms. The maximum absolute atomic E-state index is 8.25. The highest BCUT2D eigenvalue weighted by atomic mass is 16.9. The third-order valence-corrected chi connectivity index (χ3v) is 8.03. The summed E-state index contributed by atoms with van der Waals surface area (Å²) in [4.78, 5) is 63.8. The van der Waals surface area contributed by atoms with Crippen LogP contribution in [0.5, 0.6) is 0 Å². The highest BCUT2D eigenvalue weighted by molar-refractivity contribution is 5.48. The highest BCUT2D eigenvalue weighted by Gasteiger charge is 2.25. The number of aromatic amines is 2. The van der Waals surface area contributed by atoms with Crippen molar-refractivity contribution >= 4 is 17.8 Å². The van der Waals surface area contributed by atoms with E-state index in [9.17, 15) is 0 Å². The second kappa shape index (κ2) is 22.3. The first kappa shape index (κ1) is 41.9. The summed E-state index contributed by atoms with van der Waals surface area (Å²) < 4.78 is 0. The van der Waals surface area contributed by atoms with Crippen molar-refractivity contribution in [3.05, 3.63) is 211 Å². The van der Waals surface area contributed by atoms with Crippen LogP contribution in [0.25, 0.3) is 0 Å². The standard InChI is InChI=1S/C39H36N12.2NO3/c1-7-19-40-31(13-1)25-49(26-32-14-2-8-20-41-32)37-46-38(50(27-33-15-3-9-21-42-33)28-34-16-4-10-22-43-34)48-39(47-37)51(29-35-17-5-11-23-44-35)30-36-18-6-12-24-45-36;2*2-1(3)4/h1-24H,25-30H2;;/q;2*-1/p+2. The molecule has 0 spiro atoms. The van der Waals surface area contributed by atoms with Crippen LogP contribution in [0.2, 0.25) is 0 Å². The molecule has 0 radical (unpaired) electrons. The van der Waals surface area contributed by atoms with Gasteiger partial charge >= 0.3 is 0 Å². The number of rotatable bonds is 15. The minimum absolute atomic E-state index is 0.458. The van der Waals surface area contributed by atoms with E-state index < -0.39 is 10.2 Å². The van der Waals surface area contributed by atoms with E-state index in [0.29, 0.717) is 57.1 Å². The number of anilines is 3. The van der Waals surface area contributed by atoms with Crippen LogP contribution in [-0.4, -0.2) is 45.1 Å². The van der Waals surface area contributed by atoms with Gasteiger partial charge in [-0.2, -0.15) is 15.0 Å². The van der Waals surface area contributed by atoms with Gasteiger partial charge in [0.1, 0.15) is 13.1 Å². The van der Waals surface area contributed by atoms with E-state index in [1.54, 1.807) is 24.8 Å². The third-order valence-electron chi connectivity index (χ3n) is 8.03. The number of nitrogens with one attached hydrogen (secondary N) is 2. The van der Waals surface area contributed by atoms with Crippen LogP contribution in [0.1, 0.15) is 34.2 Å². The van der Waals surface area contributed by atoms with E-state index in [1.165, 1.54) is 0 Å². The Hall–Kier alpha value is -8.29. The first-order valence-electron chi connectivity index (χ1n) is 17.9. The van der Waals surface area contributed by atoms with Gasteiger partial charge in [0.15, 0.2) is 23.8 Å². The van der Waals surface area contributed by atoms with Crippen LogP contribution in [0, 0.1) is 30.6 Å². The van der Waals surface area contributed by atoms with E-state index in [0.717, 1.165) is 34.2 Å². The molecule has 7 aromatic heterocycles. The largest absolute Gasteiger partial charge is 0.356 e. The first-order chi connectivity index (χ1) is 28.7. The van der Waals surface area contributed by atoms with Crippen molar-refractivity contribution < 1.29 is 20.1 Å². The number of H-pyrrole nitrogens is 2. The maximum atomic E-state index is 8.25. The normalized spacial score (nSPS) is 10.2. The summed E-state index contributed by atoms with van der Waals surface area (Å²) in [5.74, 6) is 1.51. The molecule has 0 saturated carbocycles. The van der Waals surface area contributed by atoms with E-state index in [-0.39, 0.29) is 0 Å². The second-order valence-corrected chi connectivity index (χ2v) is 12.3. The van der Waals surface area contributed by atoms with Crippen molar-refractivity contribution in [3.8, 4) is 0 Å². The van der Waals surface area contributed by atoms with Gasteiger partial charge in [-0.15, -0.1) is 0 Å². The van der Waals surface area contributed by atoms with Gasteiger partial charge in [-0.25, -0.2) is 9.97 Å². The summed E-state index contributed by atoms with van der Waals surface area (Å²) in [6.07, 6.45) is 11.1. The molecule has 0 aliphatic rings. The van der Waals surface area contributed by atoms with E-state index in [4.69, 9.17) is 45.6 Å². The van der Waals surface area contributed by atoms with Crippen LogP contribution in [0.15, 0.2) is 146 Å². The molecule has 0 saturated heterocycles. The van der Waals surface area contributed by atoms with Crippen LogP contribution in [-0.2, 0) is 39.3 Å². The summed E-state index contributed by atoms with van der Waals surface area (Å²) >= 11 is 0. The average Bonchev–Trinajstić information content (AvgIpc) is 3.25. The van der Waals surface area contributed by atoms with Gasteiger partial charge in [0.2, 0.25) is 17.8 Å². The Bertz CT molecular complexity index is 1900. The SMILES string of the molecule is O=[N+]([O-])[O-].O=[N+]([O-])[O-].c1ccc(CN(Cc2ccccn2)c2nc(N(Cc3ccccn3)Cc3cccc[nH+]3)nc(N(Cc3ccccn3)Cc3cccc[nH+]3)n2)nc1. The lowest BCUT2D eigenvalue weighted by Gasteiger charge is -2.28. The fourth-order valence-corrected chi connectivity index (χ4v) is 5.58. The number of nitrogens with zero attached hydrogens (tertiary/aromatic N) is 12. The van der Waals surface area contributed by atoms with Crippen molar-refractivity contribution in [3.63, 3.8) is 0 Å². The third kappa shape index (κ3) is 14.7. The van der Waals surface area contributed by atoms with Crippen LogP contribution in [0.4, 0.5) is 17.8 Å². The van der Waals surface area contributed by atoms with Crippen molar-refractivity contribution in [1.82, 2.24) is 34.9 Å². The highest BCUT2D eigenvalue weighted by Crippen LogP contribution is 2.25. The van der Waals surface area contributed by atoms with Crippen LogP contribution in [0.3, 0.4) is 0 Å². The first-order valence-corrected chi connectivity index (χ1v) is 17.9. The smallest absolute Gasteiger partial charge is 0.232 e. The molecule has 0 atom stereocenters. The Morgan fingerprint density at radius 2 is 0.678 bits per heavy atom. The lowest BCUT2D eigenvalue weighted by atomic mass is 10.3. The van der Waals surface area contributed by atoms with Gasteiger partial charge in [0.05, 0.1) is 59.1 Å². The molecule has 0 aliphatic carbocycles. The molecule has 0 aliphatic heterocycles. The molecule has 7 rings (SSSR count). The lowest BCUT2D eigenvalue weighted by molar-refractivity contribution is -0.403. The predicted octanol–water partition coefficient (Wildman–Crippen LogP) is 4.22. The van der Waals surface area contributed by atoms with Crippen molar-refractivity contribution in [1.29, 1.82) is 0 Å². The Kier molecular flexibility index (Phi) is 15.8. The molecule has 300 valence electrons. The number of aromatic nitrogens is 9. The van der Waals surface area contributed by atoms with Gasteiger partial charge in [-0.05, 0) is 48.5 Å². The minimum Gasteiger partial charge on any atom is -0.356 e. The Morgan fingerprint density at radius 1 is 0.407 bits per heavy atom. The zero-order valence-corrected chi connectivity index (χ0v) is 31.4. The molecule has 0 amide bonds. The average molecular weight is 799 g/mol. The molecular weight excluding hydrogens is 761 g/mol. The van der Waals surface area contributed by atoms with E-state index in [1.807, 2.05) is 109 Å². The Morgan fingerprint density at radius 3 is 0.915 bits per heavy atom. The van der Waals surface area contributed by atoms with Gasteiger partial charge in [-0.1, -0.05) is 36.4 Å². The number of hydrogen-bond acceptors (Lipinski definition) is 16. The second-order valence-electron chi connectivity index (χ2n) is 12.3. The topological polar surface area (TPSA) is 261 Å². The molecule has 59 heavy (non-hydrogen) atoms. The van der Waals surface area contributed by atoms with Crippen molar-refractivity contribution in [2.45, 2.75) is 39.3 Å². The van der Waals surface area contributed by atoms with Gasteiger partial charge < -0.3 is 45.3 Å². The fourth-order valence-electron chi connectivity index (χ4n) is 5.58. The summed E-state index contributed by atoms with van der Waals surface area (Å²) in [6.45, 7) is 2.87. The molecule has 7 heterocycles. The Balaban J connectivity index is 0.000000760. The number of hydrogen-bond donors (Lipinski definition) is 0. The van der Waals surface area contributed by atoms with E-state index >= 15 is 0 Å². The zero-order chi connectivity index (χ0) is 41.7. The van der Waals surface area contributed by atoms with Gasteiger partial charge in [0, 0.05) is 49.1 Å². The molecular formula is C39H38N14O6. The quantitative estimate of drug-likeness (QED) is 0.104. The molecule has 2 N–H and O–H groups in total. The van der Waals surface area contributed by atoms with Gasteiger partial charge in [0.25, 0.3) is 0 Å². The van der Waals surface area contributed by atoms with Crippen molar-refractivity contribution in [2.24, 2.45) is 0 Å². The maximum Gasteiger partial charge on any atom is 0.232 e. The predicted molar refractivity (Wildman–Crippen MR) is 213 cm³/mol. The summed E-state index contributed by atoms with van der Waals surface area (Å²) in [5.41, 5.74) is 5.54. The molecule has 0 bridgehead atoms. The Labute approximate surface area is 337 Å².